The quantitative estimate of drug-likeness (QED) is 0.408. The molecule has 0 saturated heterocycles. The molecule has 0 aliphatic rings. The number of halogens is 1. The van der Waals surface area contributed by atoms with Gasteiger partial charge in [0.25, 0.3) is 5.69 Å². The van der Waals surface area contributed by atoms with Gasteiger partial charge in [0, 0.05) is 16.8 Å². The highest BCUT2D eigenvalue weighted by atomic mass is 35.5. The lowest BCUT2D eigenvalue weighted by Gasteiger charge is -2.14. The fraction of sp³-hybridized carbons (Fsp3) is 0.118. The highest BCUT2D eigenvalue weighted by Gasteiger charge is 2.22. The van der Waals surface area contributed by atoms with E-state index in [1.54, 1.807) is 13.0 Å². The maximum Gasteiger partial charge on any atom is 0.266 e. The van der Waals surface area contributed by atoms with Crippen molar-refractivity contribution in [2.45, 2.75) is 11.8 Å². The van der Waals surface area contributed by atoms with E-state index in [1.807, 2.05) is 0 Å². The average Bonchev–Trinajstić information content (AvgIpc) is 2.62. The van der Waals surface area contributed by atoms with E-state index in [4.69, 9.17) is 16.3 Å². The highest BCUT2D eigenvalue weighted by molar-refractivity contribution is 7.95. The lowest BCUT2D eigenvalue weighted by Crippen LogP contribution is -2.05. The fourth-order valence-corrected chi connectivity index (χ4v) is 3.44. The van der Waals surface area contributed by atoms with Crippen LogP contribution in [0.5, 0.6) is 11.5 Å². The van der Waals surface area contributed by atoms with Gasteiger partial charge in [-0.3, -0.25) is 10.1 Å². The van der Waals surface area contributed by atoms with Crippen LogP contribution >= 0.6 is 11.6 Å². The number of sulfone groups is 1. The monoisotopic (exact) mass is 407 g/mol. The van der Waals surface area contributed by atoms with Crippen LogP contribution in [-0.2, 0) is 9.84 Å². The number of hydrogen-bond donors (Lipinski definition) is 0. The average molecular weight is 408 g/mol. The van der Waals surface area contributed by atoms with E-state index in [1.165, 1.54) is 24.3 Å². The van der Waals surface area contributed by atoms with Crippen molar-refractivity contribution in [3.05, 3.63) is 62.0 Å². The van der Waals surface area contributed by atoms with E-state index < -0.39 is 31.1 Å². The first-order valence-electron chi connectivity index (χ1n) is 7.45. The fourth-order valence-electron chi connectivity index (χ4n) is 2.15. The van der Waals surface area contributed by atoms with Crippen LogP contribution in [0.25, 0.3) is 6.08 Å². The molecule has 0 heterocycles. The van der Waals surface area contributed by atoms with Crippen molar-refractivity contribution in [1.29, 1.82) is 5.26 Å². The third-order valence-corrected chi connectivity index (χ3v) is 5.31. The minimum Gasteiger partial charge on any atom is -0.865 e. The van der Waals surface area contributed by atoms with Crippen molar-refractivity contribution in [3.63, 3.8) is 0 Å². The molecule has 0 N–H and O–H groups in total. The zero-order chi connectivity index (χ0) is 20.2. The molecule has 0 atom stereocenters. The molecule has 10 heteroatoms. The van der Waals surface area contributed by atoms with Gasteiger partial charge in [0.15, 0.2) is 0 Å². The van der Waals surface area contributed by atoms with Crippen molar-refractivity contribution in [3.8, 4) is 17.6 Å². The normalized spacial score (nSPS) is 11.7. The maximum atomic E-state index is 12.6. The summed E-state index contributed by atoms with van der Waals surface area (Å²) in [6, 6.07) is 8.78. The van der Waals surface area contributed by atoms with Crippen LogP contribution in [0.15, 0.2) is 46.2 Å². The lowest BCUT2D eigenvalue weighted by atomic mass is 10.1. The van der Waals surface area contributed by atoms with Crippen molar-refractivity contribution >= 4 is 33.2 Å². The highest BCUT2D eigenvalue weighted by Crippen LogP contribution is 2.36. The van der Waals surface area contributed by atoms with Crippen LogP contribution < -0.4 is 9.84 Å². The molecule has 0 aromatic heterocycles. The van der Waals surface area contributed by atoms with E-state index in [-0.39, 0.29) is 22.8 Å². The smallest absolute Gasteiger partial charge is 0.266 e. The Bertz CT molecular complexity index is 1060. The number of nitrogens with zero attached hydrogens (tertiary/aromatic N) is 2. The molecule has 2 rings (SSSR count). The lowest BCUT2D eigenvalue weighted by molar-refractivity contribution is -0.398. The van der Waals surface area contributed by atoms with E-state index in [9.17, 15) is 28.9 Å². The van der Waals surface area contributed by atoms with E-state index >= 15 is 0 Å². The topological polar surface area (TPSA) is 133 Å². The van der Waals surface area contributed by atoms with Crippen molar-refractivity contribution in [2.24, 2.45) is 0 Å². The standard InChI is InChI=1S/C17H13ClN2O6S/c1-2-26-16-9-11(8-15(17(16)21)20(22)23)7-14(10-19)27(24,25)13-5-3-12(18)4-6-13/h3-9,21H,2H2,1H3/p-1/b14-7+. The first-order valence-corrected chi connectivity index (χ1v) is 9.31. The molecule has 0 radical (unpaired) electrons. The van der Waals surface area contributed by atoms with E-state index in [0.717, 1.165) is 18.2 Å². The molecule has 0 fully saturated rings. The van der Waals surface area contributed by atoms with Gasteiger partial charge >= 0.3 is 0 Å². The summed E-state index contributed by atoms with van der Waals surface area (Å²) < 4.78 is 30.3. The van der Waals surface area contributed by atoms with E-state index in [2.05, 4.69) is 0 Å². The Morgan fingerprint density at radius 2 is 1.96 bits per heavy atom. The van der Waals surface area contributed by atoms with Gasteiger partial charge in [0.2, 0.25) is 9.84 Å². The van der Waals surface area contributed by atoms with Crippen molar-refractivity contribution < 1.29 is 23.2 Å². The van der Waals surface area contributed by atoms with Crippen LogP contribution in [-0.4, -0.2) is 19.9 Å². The summed E-state index contributed by atoms with van der Waals surface area (Å²) in [5.74, 6) is -1.24. The third kappa shape index (κ3) is 4.36. The van der Waals surface area contributed by atoms with Crippen molar-refractivity contribution in [2.75, 3.05) is 6.61 Å². The summed E-state index contributed by atoms with van der Waals surface area (Å²) in [7, 11) is -4.18. The Morgan fingerprint density at radius 1 is 1.33 bits per heavy atom. The largest absolute Gasteiger partial charge is 0.865 e. The summed E-state index contributed by atoms with van der Waals surface area (Å²) >= 11 is 5.73. The summed E-state index contributed by atoms with van der Waals surface area (Å²) in [5, 5.41) is 32.7. The zero-order valence-corrected chi connectivity index (χ0v) is 15.5. The molecule has 0 aliphatic carbocycles. The number of ether oxygens (including phenoxy) is 1. The van der Waals surface area contributed by atoms with Gasteiger partial charge in [-0.2, -0.15) is 5.26 Å². The Morgan fingerprint density at radius 3 is 2.48 bits per heavy atom. The molecule has 0 bridgehead atoms. The van der Waals surface area contributed by atoms with Crippen LogP contribution in [0.2, 0.25) is 5.02 Å². The minimum atomic E-state index is -4.18. The molecular formula is C17H12ClN2O6S-. The SMILES string of the molecule is CCOc1cc(/C=C(\C#N)S(=O)(=O)c2ccc(Cl)cc2)cc([N+](=O)[O-])c1[O-]. The van der Waals surface area contributed by atoms with Crippen LogP contribution in [0, 0.1) is 21.4 Å². The Kier molecular flexibility index (Phi) is 6.05. The van der Waals surface area contributed by atoms with Crippen LogP contribution in [0.1, 0.15) is 12.5 Å². The summed E-state index contributed by atoms with van der Waals surface area (Å²) in [6.45, 7) is 1.66. The maximum absolute atomic E-state index is 12.6. The second kappa shape index (κ2) is 8.07. The summed E-state index contributed by atoms with van der Waals surface area (Å²) in [6.07, 6.45) is 0.943. The molecule has 2 aromatic carbocycles. The molecule has 8 nitrogen and oxygen atoms in total. The molecule has 0 amide bonds. The first-order chi connectivity index (χ1) is 12.7. The minimum absolute atomic E-state index is 0.0289. The molecule has 140 valence electrons. The molecule has 0 spiro atoms. The number of nitriles is 1. The number of nitro benzene ring substituents is 1. The van der Waals surface area contributed by atoms with Crippen molar-refractivity contribution in [1.82, 2.24) is 0 Å². The second-order valence-corrected chi connectivity index (χ2v) is 7.49. The van der Waals surface area contributed by atoms with Gasteiger partial charge in [-0.1, -0.05) is 11.6 Å². The Balaban J connectivity index is 2.62. The second-order valence-electron chi connectivity index (χ2n) is 5.14. The van der Waals surface area contributed by atoms with Gasteiger partial charge < -0.3 is 9.84 Å². The molecule has 2 aromatic rings. The third-order valence-electron chi connectivity index (χ3n) is 3.38. The molecular weight excluding hydrogens is 396 g/mol. The molecule has 0 saturated carbocycles. The van der Waals surface area contributed by atoms with Crippen LogP contribution in [0.3, 0.4) is 0 Å². The number of allylic oxidation sites excluding steroid dienone is 1. The van der Waals surface area contributed by atoms with Gasteiger partial charge in [-0.15, -0.1) is 0 Å². The number of benzene rings is 2. The summed E-state index contributed by atoms with van der Waals surface area (Å²) in [5.41, 5.74) is -0.813. The number of rotatable bonds is 6. The van der Waals surface area contributed by atoms with E-state index in [0.29, 0.717) is 5.02 Å². The first kappa shape index (κ1) is 20.2. The predicted octanol–water partition coefficient (Wildman–Crippen LogP) is 3.06. The molecule has 27 heavy (non-hydrogen) atoms. The number of hydrogen-bond acceptors (Lipinski definition) is 7. The summed E-state index contributed by atoms with van der Waals surface area (Å²) in [4.78, 5) is 9.35. The Labute approximate surface area is 160 Å². The van der Waals surface area contributed by atoms with Gasteiger partial charge in [-0.25, -0.2) is 8.42 Å². The molecule has 0 aliphatic heterocycles. The van der Waals surface area contributed by atoms with Gasteiger partial charge in [0.1, 0.15) is 16.7 Å². The predicted molar refractivity (Wildman–Crippen MR) is 95.9 cm³/mol. The van der Waals surface area contributed by atoms with Crippen LogP contribution in [0.4, 0.5) is 5.69 Å². The molecule has 0 unspecified atom stereocenters. The zero-order valence-electron chi connectivity index (χ0n) is 13.9. The van der Waals surface area contributed by atoms with Gasteiger partial charge in [-0.05, 0) is 48.9 Å². The number of nitro groups is 1. The van der Waals surface area contributed by atoms with Gasteiger partial charge in [0.05, 0.1) is 16.4 Å². The Hall–Kier alpha value is -3.09.